The van der Waals surface area contributed by atoms with Crippen molar-refractivity contribution in [3.05, 3.63) is 64.0 Å². The van der Waals surface area contributed by atoms with Crippen molar-refractivity contribution < 1.29 is 14.3 Å². The number of amides is 2. The number of rotatable bonds is 6. The van der Waals surface area contributed by atoms with Crippen LogP contribution in [0, 0.1) is 0 Å². The lowest BCUT2D eigenvalue weighted by molar-refractivity contribution is 0.0938. The molecule has 6 nitrogen and oxygen atoms in total. The zero-order valence-electron chi connectivity index (χ0n) is 16.2. The van der Waals surface area contributed by atoms with E-state index in [2.05, 4.69) is 23.1 Å². The van der Waals surface area contributed by atoms with Crippen LogP contribution in [0.2, 0.25) is 5.02 Å². The first kappa shape index (κ1) is 22.0. The van der Waals surface area contributed by atoms with Crippen molar-refractivity contribution in [2.24, 2.45) is 0 Å². The van der Waals surface area contributed by atoms with Gasteiger partial charge in [-0.05, 0) is 49.0 Å². The number of hydrogen-bond donors (Lipinski definition) is 3. The molecule has 0 spiro atoms. The third-order valence-electron chi connectivity index (χ3n) is 4.14. The lowest BCUT2D eigenvalue weighted by Gasteiger charge is -2.11. The van der Waals surface area contributed by atoms with E-state index in [4.69, 9.17) is 28.6 Å². The number of nitrogens with one attached hydrogen (secondary N) is 3. The van der Waals surface area contributed by atoms with Crippen LogP contribution in [0.3, 0.4) is 0 Å². The molecule has 3 N–H and O–H groups in total. The van der Waals surface area contributed by atoms with Gasteiger partial charge in [0, 0.05) is 15.6 Å². The fraction of sp³-hybridized carbons (Fsp3) is 0.190. The van der Waals surface area contributed by atoms with Crippen molar-refractivity contribution in [2.75, 3.05) is 6.61 Å². The third-order valence-corrected chi connectivity index (χ3v) is 6.02. The lowest BCUT2D eigenvalue weighted by atomic mass is 10.2. The van der Waals surface area contributed by atoms with E-state index in [1.165, 1.54) is 11.3 Å². The van der Waals surface area contributed by atoms with Crippen molar-refractivity contribution in [1.82, 2.24) is 16.2 Å². The summed E-state index contributed by atoms with van der Waals surface area (Å²) in [4.78, 5) is 25.1. The second kappa shape index (κ2) is 10.4. The van der Waals surface area contributed by atoms with Gasteiger partial charge in [0.25, 0.3) is 11.8 Å². The molecule has 3 aromatic rings. The second-order valence-electron chi connectivity index (χ2n) is 6.33. The van der Waals surface area contributed by atoms with Crippen LogP contribution in [0.1, 0.15) is 39.8 Å². The van der Waals surface area contributed by atoms with Gasteiger partial charge in [-0.15, -0.1) is 11.3 Å². The van der Waals surface area contributed by atoms with Crippen LogP contribution >= 0.6 is 35.2 Å². The molecule has 156 valence electrons. The van der Waals surface area contributed by atoms with Gasteiger partial charge >= 0.3 is 0 Å². The highest BCUT2D eigenvalue weighted by Gasteiger charge is 2.17. The number of carbonyl (C=O) groups is 2. The van der Waals surface area contributed by atoms with E-state index in [1.54, 1.807) is 24.3 Å². The van der Waals surface area contributed by atoms with E-state index < -0.39 is 11.8 Å². The number of ether oxygens (including phenoxy) is 1. The van der Waals surface area contributed by atoms with Crippen LogP contribution < -0.4 is 20.9 Å². The average Bonchev–Trinajstić information content (AvgIpc) is 3.09. The maximum absolute atomic E-state index is 12.4. The number of halogens is 1. The normalized spacial score (nSPS) is 10.5. The van der Waals surface area contributed by atoms with Gasteiger partial charge in [-0.1, -0.05) is 43.1 Å². The first-order valence-corrected chi connectivity index (χ1v) is 10.9. The van der Waals surface area contributed by atoms with Crippen LogP contribution in [-0.2, 0) is 0 Å². The Hall–Kier alpha value is -2.68. The summed E-state index contributed by atoms with van der Waals surface area (Å²) in [5, 5.41) is 3.67. The van der Waals surface area contributed by atoms with Gasteiger partial charge in [-0.3, -0.25) is 25.8 Å². The van der Waals surface area contributed by atoms with Gasteiger partial charge in [-0.2, -0.15) is 0 Å². The Balaban J connectivity index is 1.51. The van der Waals surface area contributed by atoms with Gasteiger partial charge in [0.05, 0.1) is 11.6 Å². The van der Waals surface area contributed by atoms with Gasteiger partial charge in [-0.25, -0.2) is 0 Å². The van der Waals surface area contributed by atoms with E-state index in [-0.39, 0.29) is 5.11 Å². The van der Waals surface area contributed by atoms with Crippen LogP contribution in [0.5, 0.6) is 5.75 Å². The molecule has 0 saturated heterocycles. The minimum Gasteiger partial charge on any atom is -0.494 e. The highest BCUT2D eigenvalue weighted by Crippen LogP contribution is 2.34. The highest BCUT2D eigenvalue weighted by atomic mass is 35.5. The minimum atomic E-state index is -0.439. The molecular formula is C21H20ClN3O3S2. The Kier molecular flexibility index (Phi) is 7.62. The predicted molar refractivity (Wildman–Crippen MR) is 124 cm³/mol. The molecular weight excluding hydrogens is 442 g/mol. The summed E-state index contributed by atoms with van der Waals surface area (Å²) in [7, 11) is 0. The highest BCUT2D eigenvalue weighted by molar-refractivity contribution is 7.80. The molecule has 0 atom stereocenters. The summed E-state index contributed by atoms with van der Waals surface area (Å²) in [6.07, 6.45) is 2.02. The van der Waals surface area contributed by atoms with E-state index in [0.717, 1.165) is 22.9 Å². The third kappa shape index (κ3) is 5.47. The molecule has 0 radical (unpaired) electrons. The summed E-state index contributed by atoms with van der Waals surface area (Å²) in [6, 6.07) is 14.2. The zero-order valence-corrected chi connectivity index (χ0v) is 18.5. The molecule has 0 unspecified atom stereocenters. The fourth-order valence-electron chi connectivity index (χ4n) is 2.57. The Morgan fingerprint density at radius 3 is 2.50 bits per heavy atom. The summed E-state index contributed by atoms with van der Waals surface area (Å²) in [6.45, 7) is 2.73. The van der Waals surface area contributed by atoms with E-state index in [1.807, 2.05) is 24.3 Å². The van der Waals surface area contributed by atoms with E-state index in [0.29, 0.717) is 27.8 Å². The Morgan fingerprint density at radius 1 is 1.07 bits per heavy atom. The second-order valence-corrected chi connectivity index (χ2v) is 8.17. The Morgan fingerprint density at radius 2 is 1.80 bits per heavy atom. The number of benzene rings is 2. The summed E-state index contributed by atoms with van der Waals surface area (Å²) in [5.41, 5.74) is 5.40. The molecule has 0 aliphatic heterocycles. The molecule has 0 saturated carbocycles. The van der Waals surface area contributed by atoms with Crippen LogP contribution in [0.25, 0.3) is 10.1 Å². The molecule has 0 bridgehead atoms. The average molecular weight is 462 g/mol. The topological polar surface area (TPSA) is 79.5 Å². The molecule has 0 aliphatic rings. The summed E-state index contributed by atoms with van der Waals surface area (Å²) in [5.74, 6) is -0.138. The monoisotopic (exact) mass is 461 g/mol. The first-order chi connectivity index (χ1) is 14.5. The SMILES string of the molecule is CCCCOc1ccc(C(=O)NC(=S)NNC(=O)c2sc3ccccc3c2Cl)cc1. The van der Waals surface area contributed by atoms with Crippen molar-refractivity contribution >= 4 is 62.2 Å². The molecule has 2 amide bonds. The zero-order chi connectivity index (χ0) is 21.5. The number of thiocarbonyl (C=S) groups is 1. The van der Waals surface area contributed by atoms with Crippen molar-refractivity contribution in [3.63, 3.8) is 0 Å². The van der Waals surface area contributed by atoms with Crippen molar-refractivity contribution in [3.8, 4) is 5.75 Å². The Bertz CT molecular complexity index is 1070. The minimum absolute atomic E-state index is 0.0335. The van der Waals surface area contributed by atoms with Crippen molar-refractivity contribution in [1.29, 1.82) is 0 Å². The summed E-state index contributed by atoms with van der Waals surface area (Å²) >= 11 is 12.6. The number of fused-ring (bicyclic) bond motifs is 1. The number of unbranched alkanes of at least 4 members (excludes halogenated alkanes) is 1. The van der Waals surface area contributed by atoms with Gasteiger partial charge in [0.15, 0.2) is 5.11 Å². The number of thiophene rings is 1. The van der Waals surface area contributed by atoms with Crippen LogP contribution in [0.15, 0.2) is 48.5 Å². The number of hydrazine groups is 1. The molecule has 2 aromatic carbocycles. The van der Waals surface area contributed by atoms with Gasteiger partial charge in [0.1, 0.15) is 10.6 Å². The van der Waals surface area contributed by atoms with E-state index >= 15 is 0 Å². The molecule has 3 rings (SSSR count). The van der Waals surface area contributed by atoms with Crippen LogP contribution in [0.4, 0.5) is 0 Å². The number of carbonyl (C=O) groups excluding carboxylic acids is 2. The fourth-order valence-corrected chi connectivity index (χ4v) is 4.13. The molecule has 1 aromatic heterocycles. The molecule has 0 fully saturated rings. The van der Waals surface area contributed by atoms with Gasteiger partial charge in [0.2, 0.25) is 0 Å². The van der Waals surface area contributed by atoms with E-state index in [9.17, 15) is 9.59 Å². The predicted octanol–water partition coefficient (Wildman–Crippen LogP) is 4.68. The van der Waals surface area contributed by atoms with Gasteiger partial charge < -0.3 is 4.74 Å². The quantitative estimate of drug-likeness (QED) is 0.282. The van der Waals surface area contributed by atoms with Crippen molar-refractivity contribution in [2.45, 2.75) is 19.8 Å². The molecule has 0 aliphatic carbocycles. The smallest absolute Gasteiger partial charge is 0.281 e. The maximum Gasteiger partial charge on any atom is 0.281 e. The largest absolute Gasteiger partial charge is 0.494 e. The molecule has 1 heterocycles. The number of hydrogen-bond acceptors (Lipinski definition) is 5. The first-order valence-electron chi connectivity index (χ1n) is 9.31. The lowest BCUT2D eigenvalue weighted by Crippen LogP contribution is -2.48. The summed E-state index contributed by atoms with van der Waals surface area (Å²) < 4.78 is 6.48. The molecule has 9 heteroatoms. The maximum atomic E-state index is 12.4. The molecule has 30 heavy (non-hydrogen) atoms. The standard InChI is InChI=1S/C21H20ClN3O3S2/c1-2-3-12-28-14-10-8-13(9-11-14)19(26)23-21(29)25-24-20(27)18-17(22)15-6-4-5-7-16(15)30-18/h4-11H,2-3,12H2,1H3,(H,24,27)(H2,23,25,26,29). The van der Waals surface area contributed by atoms with Crippen LogP contribution in [-0.4, -0.2) is 23.5 Å². The Labute approximate surface area is 188 Å².